The summed E-state index contributed by atoms with van der Waals surface area (Å²) < 4.78 is 38.0. The van der Waals surface area contributed by atoms with Gasteiger partial charge < -0.3 is 0 Å². The molecule has 1 heterocycles. The molecule has 0 aliphatic heterocycles. The molecule has 0 atom stereocenters. The number of hydrazine groups is 1. The lowest BCUT2D eigenvalue weighted by Crippen LogP contribution is -2.33. The van der Waals surface area contributed by atoms with Crippen molar-refractivity contribution in [3.8, 4) is 0 Å². The van der Waals surface area contributed by atoms with E-state index < -0.39 is 17.8 Å². The smallest absolute Gasteiger partial charge is 0.293 e. The molecule has 0 aliphatic rings. The van der Waals surface area contributed by atoms with Crippen LogP contribution in [-0.4, -0.2) is 15.7 Å². The molecule has 0 saturated heterocycles. The Balaban J connectivity index is 3.10. The fourth-order valence-electron chi connectivity index (χ4n) is 1.04. The Morgan fingerprint density at radius 3 is 2.56 bits per heavy atom. The highest BCUT2D eigenvalue weighted by molar-refractivity contribution is 9.10. The minimum absolute atomic E-state index is 0.176. The largest absolute Gasteiger partial charge is 0.436 e. The number of carbonyl (C=O) groups is 1. The normalized spacial score (nSPS) is 11.6. The first kappa shape index (κ1) is 13.0. The Morgan fingerprint density at radius 1 is 1.62 bits per heavy atom. The van der Waals surface area contributed by atoms with Crippen LogP contribution in [0.2, 0.25) is 0 Å². The summed E-state index contributed by atoms with van der Waals surface area (Å²) in [4.78, 5) is 10.9. The van der Waals surface area contributed by atoms with Crippen LogP contribution in [-0.2, 0) is 17.5 Å². The maximum atomic E-state index is 12.4. The quantitative estimate of drug-likeness (QED) is 0.485. The molecule has 1 amide bonds. The van der Waals surface area contributed by atoms with Crippen molar-refractivity contribution in [1.29, 1.82) is 0 Å². The van der Waals surface area contributed by atoms with Crippen LogP contribution in [0.1, 0.15) is 11.4 Å². The Labute approximate surface area is 96.9 Å². The predicted molar refractivity (Wildman–Crippen MR) is 52.0 cm³/mol. The number of hydrogen-bond acceptors (Lipinski definition) is 3. The van der Waals surface area contributed by atoms with Gasteiger partial charge in [-0.1, -0.05) is 0 Å². The molecule has 0 aromatic carbocycles. The second-order valence-electron chi connectivity index (χ2n) is 2.97. The average Bonchev–Trinajstić information content (AvgIpc) is 2.45. The highest BCUT2D eigenvalue weighted by Gasteiger charge is 2.38. The van der Waals surface area contributed by atoms with Crippen LogP contribution in [0, 0.1) is 6.92 Å². The Morgan fingerprint density at radius 2 is 2.19 bits per heavy atom. The number of nitrogens with zero attached hydrogens (tertiary/aromatic N) is 2. The van der Waals surface area contributed by atoms with Gasteiger partial charge >= 0.3 is 6.18 Å². The Bertz CT molecular complexity index is 414. The van der Waals surface area contributed by atoms with Crippen molar-refractivity contribution in [3.63, 3.8) is 0 Å². The number of nitrogens with one attached hydrogen (secondary N) is 1. The number of halogens is 4. The van der Waals surface area contributed by atoms with Gasteiger partial charge in [0.1, 0.15) is 6.54 Å². The molecule has 90 valence electrons. The lowest BCUT2D eigenvalue weighted by atomic mass is 10.3. The number of alkyl halides is 3. The fraction of sp³-hybridized carbons (Fsp3) is 0.429. The van der Waals surface area contributed by atoms with Crippen molar-refractivity contribution in [3.05, 3.63) is 15.9 Å². The van der Waals surface area contributed by atoms with Gasteiger partial charge in [0.05, 0.1) is 10.2 Å². The summed E-state index contributed by atoms with van der Waals surface area (Å²) in [5.41, 5.74) is 0.956. The molecule has 0 fully saturated rings. The first-order chi connectivity index (χ1) is 7.27. The molecular weight excluding hydrogens is 293 g/mol. The third-order valence-electron chi connectivity index (χ3n) is 1.86. The zero-order valence-corrected chi connectivity index (χ0v) is 9.68. The van der Waals surface area contributed by atoms with Crippen LogP contribution in [0.15, 0.2) is 4.47 Å². The average molecular weight is 301 g/mol. The number of nitrogens with two attached hydrogens (primary N) is 1. The number of rotatable bonds is 2. The Kier molecular flexibility index (Phi) is 3.58. The van der Waals surface area contributed by atoms with Crippen molar-refractivity contribution in [1.82, 2.24) is 15.2 Å². The molecule has 0 spiro atoms. The van der Waals surface area contributed by atoms with Crippen molar-refractivity contribution in [2.45, 2.75) is 19.6 Å². The zero-order chi connectivity index (χ0) is 12.5. The van der Waals surface area contributed by atoms with Gasteiger partial charge in [-0.2, -0.15) is 18.3 Å². The van der Waals surface area contributed by atoms with Crippen LogP contribution in [0.3, 0.4) is 0 Å². The highest BCUT2D eigenvalue weighted by Crippen LogP contribution is 2.35. The van der Waals surface area contributed by atoms with Crippen LogP contribution < -0.4 is 11.3 Å². The van der Waals surface area contributed by atoms with Gasteiger partial charge in [-0.25, -0.2) is 5.84 Å². The van der Waals surface area contributed by atoms with E-state index in [1.54, 1.807) is 0 Å². The molecule has 1 rings (SSSR count). The van der Waals surface area contributed by atoms with E-state index in [1.807, 2.05) is 5.43 Å². The molecule has 0 bridgehead atoms. The lowest BCUT2D eigenvalue weighted by molar-refractivity contribution is -0.142. The minimum Gasteiger partial charge on any atom is -0.293 e. The monoisotopic (exact) mass is 300 g/mol. The molecular formula is C7H8BrF3N4O. The number of aromatic nitrogens is 2. The van der Waals surface area contributed by atoms with Crippen molar-refractivity contribution >= 4 is 21.8 Å². The Hall–Kier alpha value is -1.09. The molecule has 16 heavy (non-hydrogen) atoms. The number of amides is 1. The first-order valence-corrected chi connectivity index (χ1v) is 4.86. The maximum absolute atomic E-state index is 12.4. The van der Waals surface area contributed by atoms with E-state index in [4.69, 9.17) is 5.84 Å². The van der Waals surface area contributed by atoms with Crippen LogP contribution in [0.5, 0.6) is 0 Å². The number of hydrogen-bond donors (Lipinski definition) is 2. The summed E-state index contributed by atoms with van der Waals surface area (Å²) >= 11 is 2.78. The fourth-order valence-corrected chi connectivity index (χ4v) is 1.55. The summed E-state index contributed by atoms with van der Waals surface area (Å²) in [5, 5.41) is 3.30. The van der Waals surface area contributed by atoms with E-state index in [-0.39, 0.29) is 16.7 Å². The number of carbonyl (C=O) groups excluding carboxylic acids is 1. The lowest BCUT2D eigenvalue weighted by Gasteiger charge is -2.02. The molecule has 0 aliphatic carbocycles. The van der Waals surface area contributed by atoms with Crippen molar-refractivity contribution < 1.29 is 18.0 Å². The first-order valence-electron chi connectivity index (χ1n) is 4.07. The summed E-state index contributed by atoms with van der Waals surface area (Å²) in [5.74, 6) is 4.19. The van der Waals surface area contributed by atoms with E-state index in [0.717, 1.165) is 4.68 Å². The highest BCUT2D eigenvalue weighted by atomic mass is 79.9. The standard InChI is InChI=1S/C7H8BrF3N4O/c1-3-5(8)6(7(9,10)11)14-15(3)2-4(16)13-12/h2,12H2,1H3,(H,13,16). The second kappa shape index (κ2) is 4.42. The van der Waals surface area contributed by atoms with E-state index >= 15 is 0 Å². The SMILES string of the molecule is Cc1c(Br)c(C(F)(F)F)nn1CC(=O)NN. The minimum atomic E-state index is -4.56. The van der Waals surface area contributed by atoms with Gasteiger partial charge in [0.25, 0.3) is 5.91 Å². The molecule has 0 radical (unpaired) electrons. The molecule has 0 unspecified atom stereocenters. The van der Waals surface area contributed by atoms with E-state index in [9.17, 15) is 18.0 Å². The van der Waals surface area contributed by atoms with Gasteiger partial charge in [-0.05, 0) is 22.9 Å². The van der Waals surface area contributed by atoms with Crippen molar-refractivity contribution in [2.75, 3.05) is 0 Å². The summed E-state index contributed by atoms with van der Waals surface area (Å²) in [7, 11) is 0. The second-order valence-corrected chi connectivity index (χ2v) is 3.76. The summed E-state index contributed by atoms with van der Waals surface area (Å²) in [6.07, 6.45) is -4.56. The van der Waals surface area contributed by atoms with E-state index in [1.165, 1.54) is 6.92 Å². The summed E-state index contributed by atoms with van der Waals surface area (Å²) in [6.45, 7) is 1.05. The van der Waals surface area contributed by atoms with Gasteiger partial charge in [-0.15, -0.1) is 0 Å². The predicted octanol–water partition coefficient (Wildman–Crippen LogP) is 0.963. The molecule has 3 N–H and O–H groups in total. The van der Waals surface area contributed by atoms with E-state index in [0.29, 0.717) is 0 Å². The van der Waals surface area contributed by atoms with Gasteiger partial charge in [0.2, 0.25) is 0 Å². The van der Waals surface area contributed by atoms with Gasteiger partial charge in [-0.3, -0.25) is 14.9 Å². The third kappa shape index (κ3) is 2.53. The summed E-state index contributed by atoms with van der Waals surface area (Å²) in [6, 6.07) is 0. The third-order valence-corrected chi connectivity index (χ3v) is 2.81. The van der Waals surface area contributed by atoms with Crippen LogP contribution >= 0.6 is 15.9 Å². The van der Waals surface area contributed by atoms with Crippen molar-refractivity contribution in [2.24, 2.45) is 5.84 Å². The van der Waals surface area contributed by atoms with E-state index in [2.05, 4.69) is 21.0 Å². The molecule has 1 aromatic heterocycles. The maximum Gasteiger partial charge on any atom is 0.436 e. The topological polar surface area (TPSA) is 72.9 Å². The van der Waals surface area contributed by atoms with Crippen LogP contribution in [0.4, 0.5) is 13.2 Å². The van der Waals surface area contributed by atoms with Gasteiger partial charge in [0.15, 0.2) is 5.69 Å². The van der Waals surface area contributed by atoms with Gasteiger partial charge in [0, 0.05) is 0 Å². The molecule has 5 nitrogen and oxygen atoms in total. The van der Waals surface area contributed by atoms with Crippen LogP contribution in [0.25, 0.3) is 0 Å². The zero-order valence-electron chi connectivity index (χ0n) is 8.10. The molecule has 9 heteroatoms. The molecule has 1 aromatic rings. The molecule has 0 saturated carbocycles.